The molecule has 12 heteroatoms. The average Bonchev–Trinajstić information content (AvgIpc) is 2.97. The van der Waals surface area contributed by atoms with Gasteiger partial charge in [0, 0.05) is 19.1 Å². The second kappa shape index (κ2) is 11.1. The van der Waals surface area contributed by atoms with Gasteiger partial charge in [0.1, 0.15) is 14.0 Å². The molecule has 1 aliphatic rings. The highest BCUT2D eigenvalue weighted by Crippen LogP contribution is 2.68. The summed E-state index contributed by atoms with van der Waals surface area (Å²) in [6.45, 7) is 13.5. The third-order valence-corrected chi connectivity index (χ3v) is 12.8. The van der Waals surface area contributed by atoms with E-state index < -0.39 is 61.5 Å². The Morgan fingerprint density at radius 2 is 1.55 bits per heavy atom. The number of aliphatic hydroxyl groups excluding tert-OH is 3. The Morgan fingerprint density at radius 3 is 1.91 bits per heavy atom. The van der Waals surface area contributed by atoms with Crippen molar-refractivity contribution in [2.45, 2.75) is 127 Å². The van der Waals surface area contributed by atoms with Gasteiger partial charge in [0.05, 0.1) is 28.6 Å². The number of hydrogen-bond donors (Lipinski definition) is 4. The summed E-state index contributed by atoms with van der Waals surface area (Å²) in [6, 6.07) is -1.03. The molecule has 0 spiro atoms. The predicted molar refractivity (Wildman–Crippen MR) is 129 cm³/mol. The number of rotatable bonds is 13. The van der Waals surface area contributed by atoms with E-state index in [1.165, 1.54) is 6.66 Å². The standard InChI is InChI=1S/C21H43BO9P2/c1-9-15(23)33(27,28)31-20(6,11-3)21(7,12-4)32(8,26)30-19(5,10-2)13-14-16(24)17(25)18(22)29-14/h14-18,23-25H,9-13H2,1-8H3,(H,27,28)/t14-,15?,16-,17-,18-,19?,20?,21?,32?/m1/s1. The third-order valence-electron chi connectivity index (χ3n) is 7.65. The molecular formula is C21H43BO9P2. The van der Waals surface area contributed by atoms with Gasteiger partial charge in [0.15, 0.2) is 5.85 Å². The van der Waals surface area contributed by atoms with Crippen molar-refractivity contribution in [1.82, 2.24) is 0 Å². The first-order chi connectivity index (χ1) is 14.9. The number of hydrogen-bond acceptors (Lipinski definition) is 8. The van der Waals surface area contributed by atoms with E-state index in [-0.39, 0.29) is 19.3 Å². The second-order valence-corrected chi connectivity index (χ2v) is 14.6. The maximum absolute atomic E-state index is 14.2. The summed E-state index contributed by atoms with van der Waals surface area (Å²) < 4.78 is 44.5. The molecule has 194 valence electrons. The summed E-state index contributed by atoms with van der Waals surface area (Å²) >= 11 is 0. The van der Waals surface area contributed by atoms with Crippen LogP contribution in [-0.2, 0) is 22.9 Å². The van der Waals surface area contributed by atoms with E-state index in [2.05, 4.69) is 0 Å². The SMILES string of the molecule is [B][C@@H]1O[C@H](CC(C)(CC)OP(C)(=O)C(C)(CC)C(C)(CC)OP(=O)(O)C(O)CC)[C@@H](O)[C@H]1O. The Bertz CT molecular complexity index is 755. The van der Waals surface area contributed by atoms with Gasteiger partial charge in [-0.2, -0.15) is 0 Å². The Morgan fingerprint density at radius 1 is 1.00 bits per heavy atom. The molecule has 1 fully saturated rings. The van der Waals surface area contributed by atoms with Crippen LogP contribution in [0.15, 0.2) is 0 Å². The summed E-state index contributed by atoms with van der Waals surface area (Å²) in [5.74, 6) is -1.56. The Kier molecular flexibility index (Phi) is 10.5. The maximum atomic E-state index is 14.2. The zero-order valence-corrected chi connectivity index (χ0v) is 23.0. The van der Waals surface area contributed by atoms with Gasteiger partial charge in [-0.25, -0.2) is 0 Å². The van der Waals surface area contributed by atoms with Crippen LogP contribution in [0.25, 0.3) is 0 Å². The topological polar surface area (TPSA) is 143 Å². The van der Waals surface area contributed by atoms with Crippen molar-refractivity contribution >= 4 is 22.8 Å². The number of aliphatic hydroxyl groups is 3. The summed E-state index contributed by atoms with van der Waals surface area (Å²) in [6.07, 6.45) is -2.12. The Hall–Kier alpha value is 0.245. The molecule has 9 nitrogen and oxygen atoms in total. The highest BCUT2D eigenvalue weighted by molar-refractivity contribution is 7.60. The van der Waals surface area contributed by atoms with E-state index in [1.54, 1.807) is 41.5 Å². The smallest absolute Gasteiger partial charge is 0.356 e. The predicted octanol–water partition coefficient (Wildman–Crippen LogP) is 3.35. The molecule has 0 aromatic heterocycles. The van der Waals surface area contributed by atoms with Gasteiger partial charge in [-0.15, -0.1) is 0 Å². The molecule has 0 aliphatic carbocycles. The molecule has 2 radical (unpaired) electrons. The van der Waals surface area contributed by atoms with Crippen LogP contribution in [0, 0.1) is 0 Å². The molecule has 6 unspecified atom stereocenters. The largest absolute Gasteiger partial charge is 0.388 e. The van der Waals surface area contributed by atoms with Crippen molar-refractivity contribution in [3.05, 3.63) is 0 Å². The van der Waals surface area contributed by atoms with Crippen molar-refractivity contribution in [1.29, 1.82) is 0 Å². The van der Waals surface area contributed by atoms with Gasteiger partial charge in [-0.05, 0) is 46.5 Å². The molecule has 4 N–H and O–H groups in total. The number of ether oxygens (including phenoxy) is 1. The molecule has 10 atom stereocenters. The minimum atomic E-state index is -4.42. The van der Waals surface area contributed by atoms with Gasteiger partial charge >= 0.3 is 7.60 Å². The van der Waals surface area contributed by atoms with Crippen molar-refractivity contribution in [2.75, 3.05) is 6.66 Å². The van der Waals surface area contributed by atoms with Gasteiger partial charge in [0.25, 0.3) is 0 Å². The van der Waals surface area contributed by atoms with Crippen LogP contribution in [0.5, 0.6) is 0 Å². The fraction of sp³-hybridized carbons (Fsp3) is 1.00. The molecule has 0 amide bonds. The first-order valence-electron chi connectivity index (χ1n) is 11.7. The first-order valence-corrected chi connectivity index (χ1v) is 15.4. The second-order valence-electron chi connectivity index (χ2n) is 9.82. The van der Waals surface area contributed by atoms with E-state index in [0.29, 0.717) is 12.8 Å². The molecule has 0 saturated carbocycles. The summed E-state index contributed by atoms with van der Waals surface area (Å²) in [4.78, 5) is 10.4. The van der Waals surface area contributed by atoms with E-state index in [0.717, 1.165) is 0 Å². The highest BCUT2D eigenvalue weighted by Gasteiger charge is 2.58. The van der Waals surface area contributed by atoms with Gasteiger partial charge < -0.3 is 29.5 Å². The van der Waals surface area contributed by atoms with Crippen molar-refractivity contribution < 1.29 is 43.1 Å². The van der Waals surface area contributed by atoms with Crippen LogP contribution >= 0.6 is 15.0 Å². The van der Waals surface area contributed by atoms with Crippen LogP contribution in [0.1, 0.15) is 80.6 Å². The summed E-state index contributed by atoms with van der Waals surface area (Å²) in [7, 11) is -2.32. The molecule has 1 saturated heterocycles. The molecule has 0 bridgehead atoms. The summed E-state index contributed by atoms with van der Waals surface area (Å²) in [5.41, 5.74) is -2.38. The zero-order chi connectivity index (χ0) is 26.0. The fourth-order valence-electron chi connectivity index (χ4n) is 4.35. The van der Waals surface area contributed by atoms with Gasteiger partial charge in [0.2, 0.25) is 7.37 Å². The molecule has 1 rings (SSSR count). The van der Waals surface area contributed by atoms with Gasteiger partial charge in [-0.3, -0.25) is 13.7 Å². The Labute approximate surface area is 200 Å². The third kappa shape index (κ3) is 6.33. The maximum Gasteiger partial charge on any atom is 0.356 e. The highest BCUT2D eigenvalue weighted by atomic mass is 31.2. The average molecular weight is 512 g/mol. The van der Waals surface area contributed by atoms with Gasteiger partial charge in [-0.1, -0.05) is 27.7 Å². The first kappa shape index (κ1) is 31.3. The normalized spacial score (nSPS) is 33.8. The van der Waals surface area contributed by atoms with Crippen LogP contribution in [0.4, 0.5) is 0 Å². The van der Waals surface area contributed by atoms with E-state index in [4.69, 9.17) is 21.6 Å². The van der Waals surface area contributed by atoms with Crippen LogP contribution in [0.3, 0.4) is 0 Å². The summed E-state index contributed by atoms with van der Waals surface area (Å²) in [5, 5.41) is 29.1. The minimum Gasteiger partial charge on any atom is -0.388 e. The zero-order valence-electron chi connectivity index (χ0n) is 21.2. The van der Waals surface area contributed by atoms with Crippen molar-refractivity contribution in [3.63, 3.8) is 0 Å². The lowest BCUT2D eigenvalue weighted by Gasteiger charge is -2.50. The molecule has 1 aliphatic heterocycles. The van der Waals surface area contributed by atoms with E-state index >= 15 is 0 Å². The van der Waals surface area contributed by atoms with Crippen molar-refractivity contribution in [2.24, 2.45) is 0 Å². The van der Waals surface area contributed by atoms with Crippen LogP contribution in [-0.4, -0.2) is 81.2 Å². The molecule has 0 aromatic rings. The molecule has 1 heterocycles. The molecular weight excluding hydrogens is 469 g/mol. The molecule has 33 heavy (non-hydrogen) atoms. The lowest BCUT2D eigenvalue weighted by molar-refractivity contribution is -0.0387. The Balaban J connectivity index is 3.30. The van der Waals surface area contributed by atoms with Crippen molar-refractivity contribution in [3.8, 4) is 0 Å². The monoisotopic (exact) mass is 512 g/mol. The fourth-order valence-corrected chi connectivity index (χ4v) is 8.80. The lowest BCUT2D eigenvalue weighted by atomic mass is 9.85. The van der Waals surface area contributed by atoms with E-state index in [9.17, 15) is 29.3 Å². The van der Waals surface area contributed by atoms with Crippen LogP contribution < -0.4 is 0 Å². The van der Waals surface area contributed by atoms with E-state index in [1.807, 2.05) is 6.92 Å². The quantitative estimate of drug-likeness (QED) is 0.216. The minimum absolute atomic E-state index is 0.0301. The molecule has 0 aromatic carbocycles. The van der Waals surface area contributed by atoms with Crippen LogP contribution in [0.2, 0.25) is 0 Å². The lowest BCUT2D eigenvalue weighted by Crippen LogP contribution is -2.52.